The van der Waals surface area contributed by atoms with Crippen LogP contribution in [0.15, 0.2) is 17.1 Å². The van der Waals surface area contributed by atoms with Gasteiger partial charge >= 0.3 is 29.2 Å². The lowest BCUT2D eigenvalue weighted by molar-refractivity contribution is -0.0388. The van der Waals surface area contributed by atoms with Crippen molar-refractivity contribution < 1.29 is 55.5 Å². The molecule has 5 atom stereocenters. The predicted molar refractivity (Wildman–Crippen MR) is 89.1 cm³/mol. The molecule has 0 saturated carbocycles. The van der Waals surface area contributed by atoms with Gasteiger partial charge in [0.05, 0.1) is 12.7 Å². The molecule has 5 N–H and O–H groups in total. The number of H-pyrrole nitrogens is 1. The summed E-state index contributed by atoms with van der Waals surface area (Å²) in [6, 6.07) is 1.31. The highest BCUT2D eigenvalue weighted by atomic mass is 32.1. The van der Waals surface area contributed by atoms with E-state index in [9.17, 15) is 27.8 Å². The average Bonchev–Trinajstić information content (AvgIpc) is 2.82. The van der Waals surface area contributed by atoms with E-state index in [1.807, 2.05) is 0 Å². The summed E-state index contributed by atoms with van der Waals surface area (Å²) in [5.41, 5.74) is -0.756. The molecule has 1 saturated heterocycles. The van der Waals surface area contributed by atoms with Crippen LogP contribution in [0.5, 0.6) is 0 Å². The van der Waals surface area contributed by atoms with Gasteiger partial charge in [-0.15, -0.1) is 0 Å². The summed E-state index contributed by atoms with van der Waals surface area (Å²) >= 11 is 4.75. The van der Waals surface area contributed by atoms with Gasteiger partial charge < -0.3 is 24.3 Å². The van der Waals surface area contributed by atoms with Crippen molar-refractivity contribution in [3.8, 4) is 0 Å². The molecule has 0 spiro atoms. The quantitative estimate of drug-likeness (QED) is 0.256. The minimum atomic E-state index is -5.66. The molecule has 0 aromatic carbocycles. The number of rotatable bonds is 8. The van der Waals surface area contributed by atoms with Crippen molar-refractivity contribution in [1.29, 1.82) is 0 Å². The van der Waals surface area contributed by atoms with Crippen molar-refractivity contribution in [2.45, 2.75) is 24.9 Å². The zero-order valence-electron chi connectivity index (χ0n) is 13.4. The molecule has 1 aliphatic rings. The maximum Gasteiger partial charge on any atom is 0.490 e. The van der Waals surface area contributed by atoms with Crippen LogP contribution in [0.25, 0.3) is 0 Å². The first-order valence-corrected chi connectivity index (χ1v) is 12.0. The topological polar surface area (TPSA) is 207 Å². The van der Waals surface area contributed by atoms with E-state index >= 15 is 0 Å². The van der Waals surface area contributed by atoms with Crippen molar-refractivity contribution in [3.63, 3.8) is 0 Å². The number of halogens is 1. The zero-order chi connectivity index (χ0) is 21.3. The number of alkyl halides is 1. The average molecular weight is 486 g/mol. The van der Waals surface area contributed by atoms with Crippen molar-refractivity contribution in [1.82, 2.24) is 9.55 Å². The van der Waals surface area contributed by atoms with Crippen LogP contribution in [0.4, 0.5) is 4.39 Å². The van der Waals surface area contributed by atoms with Gasteiger partial charge in [-0.3, -0.25) is 14.1 Å². The van der Waals surface area contributed by atoms with Gasteiger partial charge in [0.15, 0.2) is 6.23 Å². The van der Waals surface area contributed by atoms with E-state index in [0.29, 0.717) is 0 Å². The lowest BCUT2D eigenvalue weighted by Gasteiger charge is -2.18. The molecule has 0 amide bonds. The molecule has 1 fully saturated rings. The predicted octanol–water partition coefficient (Wildman–Crippen LogP) is 0.875. The summed E-state index contributed by atoms with van der Waals surface area (Å²) in [7, 11) is -16.5. The number of aromatic nitrogens is 2. The molecule has 0 aliphatic carbocycles. The van der Waals surface area contributed by atoms with E-state index in [-0.39, 0.29) is 11.1 Å². The molecule has 1 aromatic rings. The number of phosphoric ester groups is 1. The van der Waals surface area contributed by atoms with Crippen LogP contribution >= 0.6 is 35.7 Å². The molecule has 0 radical (unpaired) electrons. The number of nitrogens with zero attached hydrogens (tertiary/aromatic N) is 1. The normalized spacial score (nSPS) is 27.2. The van der Waals surface area contributed by atoms with Gasteiger partial charge in [0.25, 0.3) is 0 Å². The van der Waals surface area contributed by atoms with Crippen LogP contribution in [-0.2, 0) is 31.6 Å². The molecule has 1 aliphatic heterocycles. The molecule has 5 unspecified atom stereocenters. The number of hydrogen-bond donors (Lipinski definition) is 5. The zero-order valence-corrected chi connectivity index (χ0v) is 16.9. The van der Waals surface area contributed by atoms with E-state index in [0.717, 1.165) is 4.57 Å². The van der Waals surface area contributed by atoms with Crippen LogP contribution in [0.3, 0.4) is 0 Å². The van der Waals surface area contributed by atoms with Gasteiger partial charge in [0.2, 0.25) is 0 Å². The molecule has 0 bridgehead atoms. The first kappa shape index (κ1) is 23.7. The Bertz CT molecular complexity index is 976. The summed E-state index contributed by atoms with van der Waals surface area (Å²) in [5, 5.41) is 0. The maximum absolute atomic E-state index is 14.1. The Kier molecular flexibility index (Phi) is 7.31. The third kappa shape index (κ3) is 7.02. The summed E-state index contributed by atoms with van der Waals surface area (Å²) in [5.74, 6) is 0. The van der Waals surface area contributed by atoms with Crippen molar-refractivity contribution in [2.24, 2.45) is 0 Å². The first-order chi connectivity index (χ1) is 12.7. The number of ether oxygens (including phenoxy) is 1. The third-order valence-electron chi connectivity index (χ3n) is 3.09. The Morgan fingerprint density at radius 3 is 2.46 bits per heavy atom. The standard InChI is InChI=1S/C9H14FN2O12P3S/c10-6-3-5(22-8(6)12-2-1-7(28)11-9(12)13)4-21-26(17,18)24-27(19,20)23-25(14,15)16/h1-2,5-6,8H,3-4H2,(H,17,18)(H,19,20)(H,11,13,28)(H2,14,15,16). The lowest BCUT2D eigenvalue weighted by Crippen LogP contribution is -2.30. The molecule has 14 nitrogen and oxygen atoms in total. The molecule has 160 valence electrons. The van der Waals surface area contributed by atoms with E-state index in [4.69, 9.17) is 31.6 Å². The smallest absolute Gasteiger partial charge is 0.349 e. The van der Waals surface area contributed by atoms with Gasteiger partial charge in [-0.1, -0.05) is 12.2 Å². The molecular formula is C9H14FN2O12P3S. The number of phosphoric acid groups is 3. The Morgan fingerprint density at radius 2 is 1.89 bits per heavy atom. The van der Waals surface area contributed by atoms with E-state index in [1.54, 1.807) is 0 Å². The highest BCUT2D eigenvalue weighted by molar-refractivity contribution is 7.71. The minimum Gasteiger partial charge on any atom is -0.349 e. The minimum absolute atomic E-state index is 0.110. The molecule has 1 aromatic heterocycles. The van der Waals surface area contributed by atoms with E-state index < -0.39 is 54.3 Å². The van der Waals surface area contributed by atoms with Gasteiger partial charge in [-0.2, -0.15) is 8.62 Å². The fraction of sp³-hybridized carbons (Fsp3) is 0.556. The molecule has 2 heterocycles. The summed E-state index contributed by atoms with van der Waals surface area (Å²) < 4.78 is 65.1. The molecule has 2 rings (SSSR count). The summed E-state index contributed by atoms with van der Waals surface area (Å²) in [4.78, 5) is 49.3. The van der Waals surface area contributed by atoms with Crippen LogP contribution in [0.2, 0.25) is 0 Å². The summed E-state index contributed by atoms with van der Waals surface area (Å²) in [6.07, 6.45) is -3.46. The second kappa shape index (κ2) is 8.64. The molecule has 19 heteroatoms. The largest absolute Gasteiger partial charge is 0.490 e. The molecular weight excluding hydrogens is 472 g/mol. The first-order valence-electron chi connectivity index (χ1n) is 7.07. The highest BCUT2D eigenvalue weighted by Crippen LogP contribution is 2.66. The number of nitrogens with one attached hydrogen (secondary N) is 1. The Balaban J connectivity index is 1.98. The summed E-state index contributed by atoms with van der Waals surface area (Å²) in [6.45, 7) is -0.821. The number of aromatic amines is 1. The van der Waals surface area contributed by atoms with Crippen LogP contribution in [0.1, 0.15) is 12.6 Å². The molecule has 28 heavy (non-hydrogen) atoms. The van der Waals surface area contributed by atoms with E-state index in [1.165, 1.54) is 12.3 Å². The van der Waals surface area contributed by atoms with E-state index in [2.05, 4.69) is 18.1 Å². The Labute approximate surface area is 160 Å². The van der Waals surface area contributed by atoms with Crippen LogP contribution < -0.4 is 5.69 Å². The lowest BCUT2D eigenvalue weighted by atomic mass is 10.2. The fourth-order valence-corrected chi connectivity index (χ4v) is 5.36. The van der Waals surface area contributed by atoms with Gasteiger partial charge in [-0.05, 0) is 6.07 Å². The Morgan fingerprint density at radius 1 is 1.25 bits per heavy atom. The fourth-order valence-electron chi connectivity index (χ4n) is 2.16. The monoisotopic (exact) mass is 486 g/mol. The van der Waals surface area contributed by atoms with Crippen LogP contribution in [-0.4, -0.2) is 48.0 Å². The Hall–Kier alpha value is -0.600. The van der Waals surface area contributed by atoms with Crippen LogP contribution in [0, 0.1) is 4.64 Å². The van der Waals surface area contributed by atoms with Gasteiger partial charge in [-0.25, -0.2) is 22.9 Å². The maximum atomic E-state index is 14.1. The SMILES string of the molecule is O=c1[nH]c(=S)ccn1C1OC(COP(=O)(O)OP(=O)(O)OP(=O)(O)O)CC1F. The van der Waals surface area contributed by atoms with Gasteiger partial charge in [0, 0.05) is 12.6 Å². The van der Waals surface area contributed by atoms with Gasteiger partial charge in [0.1, 0.15) is 10.8 Å². The van der Waals surface area contributed by atoms with Crippen molar-refractivity contribution in [3.05, 3.63) is 27.4 Å². The third-order valence-corrected chi connectivity index (χ3v) is 7.13. The van der Waals surface area contributed by atoms with Crippen molar-refractivity contribution >= 4 is 35.7 Å². The number of hydrogen-bond acceptors (Lipinski definition) is 9. The van der Waals surface area contributed by atoms with Crippen molar-refractivity contribution in [2.75, 3.05) is 6.61 Å². The highest BCUT2D eigenvalue weighted by Gasteiger charge is 2.43. The second-order valence-electron chi connectivity index (χ2n) is 5.30. The second-order valence-corrected chi connectivity index (χ2v) is 10.2.